The Bertz CT molecular complexity index is 733. The first kappa shape index (κ1) is 14.7. The Balaban J connectivity index is 2.27. The van der Waals surface area contributed by atoms with Crippen molar-refractivity contribution in [2.75, 3.05) is 11.1 Å². The maximum Gasteiger partial charge on any atom is 0.275 e. The van der Waals surface area contributed by atoms with E-state index in [1.54, 1.807) is 6.92 Å². The van der Waals surface area contributed by atoms with E-state index in [2.05, 4.69) is 10.3 Å². The van der Waals surface area contributed by atoms with E-state index < -0.39 is 10.8 Å². The molecule has 3 N–H and O–H groups in total. The molecule has 1 amide bonds. The van der Waals surface area contributed by atoms with Crippen molar-refractivity contribution in [3.8, 4) is 0 Å². The molecule has 0 aliphatic heterocycles. The number of hydrogen-bond acceptors (Lipinski definition) is 5. The van der Waals surface area contributed by atoms with E-state index in [4.69, 9.17) is 17.3 Å². The van der Waals surface area contributed by atoms with Crippen LogP contribution in [0.4, 0.5) is 17.2 Å². The largest absolute Gasteiger partial charge is 0.384 e. The number of carbonyl (C=O) groups is 1. The molecule has 0 fully saturated rings. The maximum absolute atomic E-state index is 12.1. The molecule has 0 bridgehead atoms. The van der Waals surface area contributed by atoms with Crippen LogP contribution in [-0.2, 0) is 0 Å². The van der Waals surface area contributed by atoms with Crippen molar-refractivity contribution in [1.82, 2.24) is 4.98 Å². The van der Waals surface area contributed by atoms with Crippen molar-refractivity contribution < 1.29 is 9.72 Å². The average Bonchev–Trinajstić information content (AvgIpc) is 2.43. The summed E-state index contributed by atoms with van der Waals surface area (Å²) in [6.07, 6.45) is 0. The summed E-state index contributed by atoms with van der Waals surface area (Å²) in [6, 6.07) is 7.07. The Hall–Kier alpha value is -2.67. The minimum Gasteiger partial charge on any atom is -0.384 e. The Labute approximate surface area is 124 Å². The van der Waals surface area contributed by atoms with Crippen LogP contribution < -0.4 is 11.1 Å². The highest BCUT2D eigenvalue weighted by atomic mass is 35.5. The van der Waals surface area contributed by atoms with Gasteiger partial charge in [0.1, 0.15) is 11.5 Å². The van der Waals surface area contributed by atoms with Gasteiger partial charge in [0, 0.05) is 17.8 Å². The Kier molecular flexibility index (Phi) is 4.04. The quantitative estimate of drug-likeness (QED) is 0.669. The summed E-state index contributed by atoms with van der Waals surface area (Å²) in [6.45, 7) is 1.65. The van der Waals surface area contributed by atoms with E-state index >= 15 is 0 Å². The highest BCUT2D eigenvalue weighted by molar-refractivity contribution is 6.34. The summed E-state index contributed by atoms with van der Waals surface area (Å²) in [4.78, 5) is 26.1. The molecule has 0 radical (unpaired) electrons. The molecule has 21 heavy (non-hydrogen) atoms. The molecule has 2 rings (SSSR count). The van der Waals surface area contributed by atoms with Crippen LogP contribution in [0.2, 0.25) is 5.02 Å². The predicted octanol–water partition coefficient (Wildman–Crippen LogP) is 2.79. The summed E-state index contributed by atoms with van der Waals surface area (Å²) in [7, 11) is 0. The van der Waals surface area contributed by atoms with Crippen molar-refractivity contribution in [1.29, 1.82) is 0 Å². The van der Waals surface area contributed by atoms with Gasteiger partial charge in [-0.3, -0.25) is 14.9 Å². The molecule has 0 atom stereocenters. The molecule has 2 aromatic rings. The summed E-state index contributed by atoms with van der Waals surface area (Å²) in [5.74, 6) is -0.366. The van der Waals surface area contributed by atoms with Gasteiger partial charge in [-0.25, -0.2) is 4.98 Å². The number of nitrogens with two attached hydrogens (primary N) is 1. The number of nitrogen functional groups attached to an aromatic ring is 1. The van der Waals surface area contributed by atoms with Gasteiger partial charge in [0.05, 0.1) is 9.95 Å². The fourth-order valence-corrected chi connectivity index (χ4v) is 1.89. The normalized spacial score (nSPS) is 10.2. The Morgan fingerprint density at radius 1 is 1.38 bits per heavy atom. The standard InChI is InChI=1S/C13H11ClN4O3/c1-7-6-8(18(20)21)2-4-10(7)16-13(19)12-9(14)3-5-11(15)17-12/h2-6H,1H3,(H2,15,17)(H,16,19). The minimum absolute atomic E-state index is 0.00517. The zero-order valence-corrected chi connectivity index (χ0v) is 11.7. The number of rotatable bonds is 3. The first-order chi connectivity index (χ1) is 9.88. The van der Waals surface area contributed by atoms with E-state index in [1.165, 1.54) is 30.3 Å². The molecule has 0 aliphatic rings. The SMILES string of the molecule is Cc1cc([N+](=O)[O-])ccc1NC(=O)c1nc(N)ccc1Cl. The van der Waals surface area contributed by atoms with Gasteiger partial charge in [-0.1, -0.05) is 11.6 Å². The molecular formula is C13H11ClN4O3. The number of pyridine rings is 1. The Morgan fingerprint density at radius 3 is 2.71 bits per heavy atom. The second kappa shape index (κ2) is 5.76. The van der Waals surface area contributed by atoms with Gasteiger partial charge >= 0.3 is 0 Å². The molecule has 1 aromatic heterocycles. The molecule has 0 saturated heterocycles. The number of benzene rings is 1. The van der Waals surface area contributed by atoms with Crippen molar-refractivity contribution in [2.45, 2.75) is 6.92 Å². The van der Waals surface area contributed by atoms with Crippen LogP contribution in [0.3, 0.4) is 0 Å². The van der Waals surface area contributed by atoms with Crippen LogP contribution in [0.1, 0.15) is 16.1 Å². The summed E-state index contributed by atoms with van der Waals surface area (Å²) in [5, 5.41) is 13.4. The molecule has 0 aliphatic carbocycles. The molecule has 0 unspecified atom stereocenters. The number of non-ortho nitro benzene ring substituents is 1. The maximum atomic E-state index is 12.1. The van der Waals surface area contributed by atoms with Crippen LogP contribution in [-0.4, -0.2) is 15.8 Å². The van der Waals surface area contributed by atoms with Crippen LogP contribution in [0.25, 0.3) is 0 Å². The lowest BCUT2D eigenvalue weighted by Crippen LogP contribution is -2.15. The van der Waals surface area contributed by atoms with Crippen LogP contribution in [0, 0.1) is 17.0 Å². The third-order valence-corrected chi connectivity index (χ3v) is 3.06. The van der Waals surface area contributed by atoms with Crippen molar-refractivity contribution in [3.63, 3.8) is 0 Å². The summed E-state index contributed by atoms with van der Waals surface area (Å²) in [5.41, 5.74) is 6.45. The smallest absolute Gasteiger partial charge is 0.275 e. The molecule has 0 saturated carbocycles. The van der Waals surface area contributed by atoms with Crippen LogP contribution >= 0.6 is 11.6 Å². The Morgan fingerprint density at radius 2 is 2.10 bits per heavy atom. The van der Waals surface area contributed by atoms with E-state index in [-0.39, 0.29) is 22.2 Å². The number of hydrogen-bond donors (Lipinski definition) is 2. The molecular weight excluding hydrogens is 296 g/mol. The number of carbonyl (C=O) groups excluding carboxylic acids is 1. The zero-order valence-electron chi connectivity index (χ0n) is 11.0. The number of halogens is 1. The number of aromatic nitrogens is 1. The first-order valence-corrected chi connectivity index (χ1v) is 6.24. The number of nitrogens with zero attached hydrogens (tertiary/aromatic N) is 2. The van der Waals surface area contributed by atoms with Gasteiger partial charge in [0.15, 0.2) is 0 Å². The van der Waals surface area contributed by atoms with Gasteiger partial charge in [-0.05, 0) is 30.7 Å². The topological polar surface area (TPSA) is 111 Å². The molecule has 0 spiro atoms. The average molecular weight is 307 g/mol. The van der Waals surface area contributed by atoms with Crippen molar-refractivity contribution in [2.24, 2.45) is 0 Å². The number of nitrogens with one attached hydrogen (secondary N) is 1. The monoisotopic (exact) mass is 306 g/mol. The molecule has 7 nitrogen and oxygen atoms in total. The zero-order chi connectivity index (χ0) is 15.6. The lowest BCUT2D eigenvalue weighted by molar-refractivity contribution is -0.384. The minimum atomic E-state index is -0.538. The lowest BCUT2D eigenvalue weighted by Gasteiger charge is -2.09. The summed E-state index contributed by atoms with van der Waals surface area (Å²) >= 11 is 5.90. The third-order valence-electron chi connectivity index (χ3n) is 2.75. The van der Waals surface area contributed by atoms with Gasteiger partial charge in [-0.2, -0.15) is 0 Å². The number of nitro groups is 1. The van der Waals surface area contributed by atoms with E-state index in [1.807, 2.05) is 0 Å². The van der Waals surface area contributed by atoms with Crippen molar-refractivity contribution >= 4 is 34.7 Å². The van der Waals surface area contributed by atoms with Gasteiger partial charge in [-0.15, -0.1) is 0 Å². The second-order valence-electron chi connectivity index (χ2n) is 4.28. The van der Waals surface area contributed by atoms with Crippen molar-refractivity contribution in [3.05, 3.63) is 56.7 Å². The van der Waals surface area contributed by atoms with Gasteiger partial charge in [0.25, 0.3) is 11.6 Å². The van der Waals surface area contributed by atoms with Crippen LogP contribution in [0.15, 0.2) is 30.3 Å². The lowest BCUT2D eigenvalue weighted by atomic mass is 10.1. The number of aryl methyl sites for hydroxylation is 1. The predicted molar refractivity (Wildman–Crippen MR) is 79.4 cm³/mol. The van der Waals surface area contributed by atoms with E-state index in [9.17, 15) is 14.9 Å². The van der Waals surface area contributed by atoms with Crippen LogP contribution in [0.5, 0.6) is 0 Å². The number of anilines is 2. The fourth-order valence-electron chi connectivity index (χ4n) is 1.70. The summed E-state index contributed by atoms with van der Waals surface area (Å²) < 4.78 is 0. The molecule has 1 heterocycles. The van der Waals surface area contributed by atoms with Gasteiger partial charge in [0.2, 0.25) is 0 Å². The van der Waals surface area contributed by atoms with Gasteiger partial charge < -0.3 is 11.1 Å². The molecule has 1 aromatic carbocycles. The van der Waals surface area contributed by atoms with E-state index in [0.717, 1.165) is 0 Å². The fraction of sp³-hybridized carbons (Fsp3) is 0.0769. The third kappa shape index (κ3) is 3.26. The highest BCUT2D eigenvalue weighted by Gasteiger charge is 2.15. The highest BCUT2D eigenvalue weighted by Crippen LogP contribution is 2.23. The molecule has 108 valence electrons. The number of nitro benzene ring substituents is 1. The molecule has 8 heteroatoms. The number of amides is 1. The second-order valence-corrected chi connectivity index (χ2v) is 4.68. The first-order valence-electron chi connectivity index (χ1n) is 5.87. The van der Waals surface area contributed by atoms with E-state index in [0.29, 0.717) is 11.3 Å².